The summed E-state index contributed by atoms with van der Waals surface area (Å²) < 4.78 is 32.4. The lowest BCUT2D eigenvalue weighted by Gasteiger charge is -2.17. The standard InChI is InChI=1S/C18H22ClN3O4S/c1-12-17(27(24,25)22-8-4-5-9-22)11-16(26-12)18(23)20-14-10-13(19)6-7-15(14)21(2)3/h6-7,10-11H,4-5,8-9H2,1-3H3,(H,20,23). The summed E-state index contributed by atoms with van der Waals surface area (Å²) >= 11 is 6.03. The third-order valence-electron chi connectivity index (χ3n) is 4.47. The molecule has 146 valence electrons. The minimum absolute atomic E-state index is 0.0356. The van der Waals surface area contributed by atoms with Crippen molar-refractivity contribution in [1.29, 1.82) is 0 Å². The van der Waals surface area contributed by atoms with Crippen LogP contribution in [0.15, 0.2) is 33.6 Å². The van der Waals surface area contributed by atoms with E-state index in [1.807, 2.05) is 19.0 Å². The monoisotopic (exact) mass is 411 g/mol. The largest absolute Gasteiger partial charge is 0.455 e. The fourth-order valence-electron chi connectivity index (χ4n) is 3.08. The van der Waals surface area contributed by atoms with Crippen molar-refractivity contribution < 1.29 is 17.6 Å². The summed E-state index contributed by atoms with van der Waals surface area (Å²) in [4.78, 5) is 14.5. The van der Waals surface area contributed by atoms with Gasteiger partial charge in [0.05, 0.1) is 11.4 Å². The Morgan fingerprint density at radius 1 is 1.22 bits per heavy atom. The normalized spacial score (nSPS) is 15.1. The van der Waals surface area contributed by atoms with Gasteiger partial charge in [0.15, 0.2) is 5.76 Å². The van der Waals surface area contributed by atoms with Crippen LogP contribution in [0.3, 0.4) is 0 Å². The molecular weight excluding hydrogens is 390 g/mol. The number of amides is 1. The van der Waals surface area contributed by atoms with E-state index in [2.05, 4.69) is 5.32 Å². The highest BCUT2D eigenvalue weighted by Gasteiger charge is 2.31. The molecule has 0 radical (unpaired) electrons. The van der Waals surface area contributed by atoms with Crippen molar-refractivity contribution in [3.63, 3.8) is 0 Å². The van der Waals surface area contributed by atoms with Gasteiger partial charge in [-0.2, -0.15) is 4.31 Å². The number of carbonyl (C=O) groups excluding carboxylic acids is 1. The molecule has 1 aromatic heterocycles. The van der Waals surface area contributed by atoms with Gasteiger partial charge < -0.3 is 14.6 Å². The van der Waals surface area contributed by atoms with Crippen LogP contribution in [-0.4, -0.2) is 45.8 Å². The number of hydrogen-bond donors (Lipinski definition) is 1. The highest BCUT2D eigenvalue weighted by molar-refractivity contribution is 7.89. The van der Waals surface area contributed by atoms with Crippen LogP contribution in [0.4, 0.5) is 11.4 Å². The van der Waals surface area contributed by atoms with Crippen molar-refractivity contribution in [3.05, 3.63) is 40.8 Å². The smallest absolute Gasteiger partial charge is 0.291 e. The first-order chi connectivity index (χ1) is 12.7. The van der Waals surface area contributed by atoms with Crippen molar-refractivity contribution in [2.45, 2.75) is 24.7 Å². The fourth-order valence-corrected chi connectivity index (χ4v) is 4.93. The number of rotatable bonds is 5. The number of sulfonamides is 1. The minimum Gasteiger partial charge on any atom is -0.455 e. The van der Waals surface area contributed by atoms with Crippen LogP contribution in [0.1, 0.15) is 29.2 Å². The summed E-state index contributed by atoms with van der Waals surface area (Å²) in [5.74, 6) is -0.396. The first-order valence-electron chi connectivity index (χ1n) is 8.59. The number of anilines is 2. The Hall–Kier alpha value is -2.03. The maximum absolute atomic E-state index is 12.7. The number of nitrogens with zero attached hydrogens (tertiary/aromatic N) is 2. The zero-order valence-electron chi connectivity index (χ0n) is 15.5. The SMILES string of the molecule is Cc1oc(C(=O)Nc2cc(Cl)ccc2N(C)C)cc1S(=O)(=O)N1CCCC1. The molecule has 7 nitrogen and oxygen atoms in total. The third-order valence-corrected chi connectivity index (χ3v) is 6.71. The van der Waals surface area contributed by atoms with Gasteiger partial charge in [0.1, 0.15) is 10.7 Å². The van der Waals surface area contributed by atoms with Crippen LogP contribution in [0, 0.1) is 6.92 Å². The average Bonchev–Trinajstić information content (AvgIpc) is 3.24. The van der Waals surface area contributed by atoms with Crippen LogP contribution in [-0.2, 0) is 10.0 Å². The lowest BCUT2D eigenvalue weighted by Crippen LogP contribution is -2.28. The molecule has 1 N–H and O–H groups in total. The summed E-state index contributed by atoms with van der Waals surface area (Å²) in [6, 6.07) is 6.43. The molecule has 2 heterocycles. The van der Waals surface area contributed by atoms with Gasteiger partial charge >= 0.3 is 0 Å². The van der Waals surface area contributed by atoms with E-state index in [0.717, 1.165) is 18.5 Å². The third kappa shape index (κ3) is 3.97. The first-order valence-corrected chi connectivity index (χ1v) is 10.4. The van der Waals surface area contributed by atoms with E-state index < -0.39 is 15.9 Å². The number of nitrogens with one attached hydrogen (secondary N) is 1. The molecule has 2 aromatic rings. The Labute approximate surface area is 163 Å². The quantitative estimate of drug-likeness (QED) is 0.815. The van der Waals surface area contributed by atoms with Gasteiger partial charge in [-0.15, -0.1) is 0 Å². The lowest BCUT2D eigenvalue weighted by atomic mass is 10.2. The van der Waals surface area contributed by atoms with Crippen LogP contribution < -0.4 is 10.2 Å². The average molecular weight is 412 g/mol. The van der Waals surface area contributed by atoms with E-state index in [0.29, 0.717) is 23.8 Å². The maximum Gasteiger partial charge on any atom is 0.291 e. The van der Waals surface area contributed by atoms with Gasteiger partial charge in [0.25, 0.3) is 5.91 Å². The highest BCUT2D eigenvalue weighted by atomic mass is 35.5. The molecule has 27 heavy (non-hydrogen) atoms. The van der Waals surface area contributed by atoms with Gasteiger partial charge in [-0.3, -0.25) is 4.79 Å². The molecule has 1 saturated heterocycles. The number of furan rings is 1. The molecule has 0 bridgehead atoms. The molecular formula is C18H22ClN3O4S. The molecule has 1 aromatic carbocycles. The number of carbonyl (C=O) groups is 1. The van der Waals surface area contributed by atoms with Crippen molar-refractivity contribution in [3.8, 4) is 0 Å². The Kier molecular flexibility index (Phi) is 5.50. The van der Waals surface area contributed by atoms with Crippen LogP contribution in [0.2, 0.25) is 5.02 Å². The van der Waals surface area contributed by atoms with Gasteiger partial charge in [-0.25, -0.2) is 8.42 Å². The van der Waals surface area contributed by atoms with E-state index in [4.69, 9.17) is 16.0 Å². The molecule has 0 atom stereocenters. The van der Waals surface area contributed by atoms with Crippen LogP contribution in [0.25, 0.3) is 0 Å². The molecule has 0 spiro atoms. The van der Waals surface area contributed by atoms with Crippen molar-refractivity contribution in [2.24, 2.45) is 0 Å². The Balaban J connectivity index is 1.88. The number of aryl methyl sites for hydroxylation is 1. The van der Waals surface area contributed by atoms with E-state index in [1.54, 1.807) is 25.1 Å². The predicted octanol–water partition coefficient (Wildman–Crippen LogP) is 3.34. The fraction of sp³-hybridized carbons (Fsp3) is 0.389. The van der Waals surface area contributed by atoms with E-state index >= 15 is 0 Å². The van der Waals surface area contributed by atoms with Gasteiger partial charge in [0.2, 0.25) is 10.0 Å². The second-order valence-corrected chi connectivity index (χ2v) is 9.00. The summed E-state index contributed by atoms with van der Waals surface area (Å²) in [6.07, 6.45) is 1.68. The van der Waals surface area contributed by atoms with E-state index in [-0.39, 0.29) is 16.4 Å². The zero-order valence-corrected chi connectivity index (χ0v) is 17.0. The van der Waals surface area contributed by atoms with Crippen molar-refractivity contribution in [1.82, 2.24) is 4.31 Å². The molecule has 0 aliphatic carbocycles. The zero-order chi connectivity index (χ0) is 19.8. The first kappa shape index (κ1) is 19.7. The number of halogens is 1. The van der Waals surface area contributed by atoms with E-state index in [1.165, 1.54) is 10.4 Å². The predicted molar refractivity (Wildman–Crippen MR) is 105 cm³/mol. The minimum atomic E-state index is -3.65. The molecule has 1 amide bonds. The van der Waals surface area contributed by atoms with E-state index in [9.17, 15) is 13.2 Å². The highest BCUT2D eigenvalue weighted by Crippen LogP contribution is 2.30. The van der Waals surface area contributed by atoms with Gasteiger partial charge in [-0.05, 0) is 38.0 Å². The van der Waals surface area contributed by atoms with Crippen LogP contribution >= 0.6 is 11.6 Å². The summed E-state index contributed by atoms with van der Waals surface area (Å²) in [7, 11) is 0.0348. The molecule has 0 unspecified atom stereocenters. The molecule has 1 aliphatic rings. The topological polar surface area (TPSA) is 82.9 Å². The van der Waals surface area contributed by atoms with Gasteiger partial charge in [-0.1, -0.05) is 11.6 Å². The van der Waals surface area contributed by atoms with Crippen molar-refractivity contribution in [2.75, 3.05) is 37.4 Å². The maximum atomic E-state index is 12.7. The molecule has 3 rings (SSSR count). The van der Waals surface area contributed by atoms with Crippen LogP contribution in [0.5, 0.6) is 0 Å². The Morgan fingerprint density at radius 3 is 2.52 bits per heavy atom. The number of hydrogen-bond acceptors (Lipinski definition) is 5. The summed E-state index contributed by atoms with van der Waals surface area (Å²) in [5.41, 5.74) is 1.27. The summed E-state index contributed by atoms with van der Waals surface area (Å²) in [5, 5.41) is 3.22. The van der Waals surface area contributed by atoms with Crippen molar-refractivity contribution >= 4 is 38.9 Å². The molecule has 0 saturated carbocycles. The number of benzene rings is 1. The van der Waals surface area contributed by atoms with Gasteiger partial charge in [0, 0.05) is 38.3 Å². The second-order valence-electron chi connectivity index (χ2n) is 6.65. The second kappa shape index (κ2) is 7.53. The molecule has 1 aliphatic heterocycles. The molecule has 9 heteroatoms. The summed E-state index contributed by atoms with van der Waals surface area (Å²) in [6.45, 7) is 2.52. The Morgan fingerprint density at radius 2 is 1.89 bits per heavy atom. The lowest BCUT2D eigenvalue weighted by molar-refractivity contribution is 0.0995. The molecule has 1 fully saturated rings. The Bertz CT molecular complexity index is 963.